The molecule has 0 atom stereocenters. The van der Waals surface area contributed by atoms with Crippen LogP contribution in [0.5, 0.6) is 0 Å². The molecule has 0 radical (unpaired) electrons. The number of hydrogen-bond donors (Lipinski definition) is 0. The van der Waals surface area contributed by atoms with Crippen LogP contribution >= 0.6 is 0 Å². The lowest BCUT2D eigenvalue weighted by atomic mass is 10.0. The van der Waals surface area contributed by atoms with Gasteiger partial charge in [0.1, 0.15) is 0 Å². The fraction of sp³-hybridized carbons (Fsp3) is 0.900. The minimum Gasteiger partial charge on any atom is -0.337 e. The molecule has 0 aliphatic carbocycles. The van der Waals surface area contributed by atoms with Gasteiger partial charge in [0, 0.05) is 18.5 Å². The number of nitrogens with zero attached hydrogens (tertiary/aromatic N) is 1. The summed E-state index contributed by atoms with van der Waals surface area (Å²) in [6.07, 6.45) is 6.81. The summed E-state index contributed by atoms with van der Waals surface area (Å²) < 4.78 is 0. The first-order chi connectivity index (χ1) is 5.83. The highest BCUT2D eigenvalue weighted by molar-refractivity contribution is 5.77. The van der Waals surface area contributed by atoms with Crippen LogP contribution in [0, 0.1) is 0 Å². The van der Waals surface area contributed by atoms with Gasteiger partial charge >= 0.3 is 0 Å². The van der Waals surface area contributed by atoms with Crippen molar-refractivity contribution in [2.24, 2.45) is 0 Å². The Bertz CT molecular complexity index is 170. The van der Waals surface area contributed by atoms with Crippen molar-refractivity contribution in [3.8, 4) is 0 Å². The number of carbonyl (C=O) groups is 1. The molecule has 2 heterocycles. The van der Waals surface area contributed by atoms with Crippen LogP contribution in [0.3, 0.4) is 0 Å². The number of rotatable bonds is 2. The van der Waals surface area contributed by atoms with Gasteiger partial charge in [0.15, 0.2) is 0 Å². The lowest BCUT2D eigenvalue weighted by Crippen LogP contribution is -2.34. The van der Waals surface area contributed by atoms with E-state index in [-0.39, 0.29) is 0 Å². The summed E-state index contributed by atoms with van der Waals surface area (Å²) in [6, 6.07) is 1.24. The quantitative estimate of drug-likeness (QED) is 0.615. The second-order valence-electron chi connectivity index (χ2n) is 4.01. The topological polar surface area (TPSA) is 20.3 Å². The molecule has 0 saturated carbocycles. The van der Waals surface area contributed by atoms with Gasteiger partial charge in [0.2, 0.25) is 5.91 Å². The predicted octanol–water partition coefficient (Wildman–Crippen LogP) is 1.94. The van der Waals surface area contributed by atoms with E-state index in [1.54, 1.807) is 0 Å². The largest absolute Gasteiger partial charge is 0.337 e. The van der Waals surface area contributed by atoms with Crippen LogP contribution in [-0.2, 0) is 4.79 Å². The standard InChI is InChI=1S/C10H17NO/c1-2-3-10(12)11-8-4-5-9(11)7-6-8/h8-9H,2-7H2,1H3. The molecule has 12 heavy (non-hydrogen) atoms. The normalized spacial score (nSPS) is 32.9. The molecule has 0 unspecified atom stereocenters. The first kappa shape index (κ1) is 8.09. The number of carbonyl (C=O) groups excluding carboxylic acids is 1. The Labute approximate surface area is 73.9 Å². The van der Waals surface area contributed by atoms with Crippen LogP contribution in [-0.4, -0.2) is 22.9 Å². The molecule has 68 valence electrons. The van der Waals surface area contributed by atoms with Crippen molar-refractivity contribution < 1.29 is 4.79 Å². The average Bonchev–Trinajstić information content (AvgIpc) is 2.62. The van der Waals surface area contributed by atoms with Crippen molar-refractivity contribution >= 4 is 5.91 Å². The lowest BCUT2D eigenvalue weighted by molar-refractivity contribution is -0.132. The fourth-order valence-corrected chi connectivity index (χ4v) is 2.66. The van der Waals surface area contributed by atoms with Crippen molar-refractivity contribution in [1.82, 2.24) is 4.90 Å². The molecule has 0 aromatic heterocycles. The van der Waals surface area contributed by atoms with Gasteiger partial charge in [-0.25, -0.2) is 0 Å². The average molecular weight is 167 g/mol. The molecule has 2 bridgehead atoms. The highest BCUT2D eigenvalue weighted by Gasteiger charge is 2.41. The van der Waals surface area contributed by atoms with Crippen LogP contribution in [0.15, 0.2) is 0 Å². The lowest BCUT2D eigenvalue weighted by Gasteiger charge is -2.21. The molecule has 0 spiro atoms. The van der Waals surface area contributed by atoms with E-state index >= 15 is 0 Å². The van der Waals surface area contributed by atoms with Gasteiger partial charge in [-0.15, -0.1) is 0 Å². The molecule has 0 N–H and O–H groups in total. The molecule has 2 aliphatic rings. The van der Waals surface area contributed by atoms with Crippen molar-refractivity contribution in [3.63, 3.8) is 0 Å². The third kappa shape index (κ3) is 1.13. The summed E-state index contributed by atoms with van der Waals surface area (Å²) in [4.78, 5) is 13.8. The Morgan fingerprint density at radius 2 is 1.75 bits per heavy atom. The van der Waals surface area contributed by atoms with Crippen molar-refractivity contribution in [1.29, 1.82) is 0 Å². The summed E-state index contributed by atoms with van der Waals surface area (Å²) in [5.74, 6) is 0.405. The van der Waals surface area contributed by atoms with Crippen LogP contribution in [0.2, 0.25) is 0 Å². The summed E-state index contributed by atoms with van der Waals surface area (Å²) in [5, 5.41) is 0. The molecule has 2 rings (SSSR count). The highest BCUT2D eigenvalue weighted by atomic mass is 16.2. The molecule has 2 saturated heterocycles. The van der Waals surface area contributed by atoms with E-state index in [9.17, 15) is 4.79 Å². The Kier molecular flexibility index (Phi) is 2.07. The minimum atomic E-state index is 0.405. The van der Waals surface area contributed by atoms with Crippen molar-refractivity contribution in [2.75, 3.05) is 0 Å². The molecule has 0 aromatic carbocycles. The van der Waals surface area contributed by atoms with Crippen molar-refractivity contribution in [2.45, 2.75) is 57.5 Å². The van der Waals surface area contributed by atoms with Gasteiger partial charge in [-0.05, 0) is 32.1 Å². The monoisotopic (exact) mass is 167 g/mol. The van der Waals surface area contributed by atoms with Crippen LogP contribution in [0.4, 0.5) is 0 Å². The second-order valence-corrected chi connectivity index (χ2v) is 4.01. The van der Waals surface area contributed by atoms with E-state index in [0.717, 1.165) is 12.8 Å². The van der Waals surface area contributed by atoms with Crippen molar-refractivity contribution in [3.05, 3.63) is 0 Å². The van der Waals surface area contributed by atoms with E-state index < -0.39 is 0 Å². The van der Waals surface area contributed by atoms with Crippen LogP contribution in [0.1, 0.15) is 45.4 Å². The predicted molar refractivity (Wildman–Crippen MR) is 47.8 cm³/mol. The third-order valence-electron chi connectivity index (χ3n) is 3.20. The van der Waals surface area contributed by atoms with Crippen LogP contribution in [0.25, 0.3) is 0 Å². The maximum absolute atomic E-state index is 11.6. The zero-order chi connectivity index (χ0) is 8.55. The van der Waals surface area contributed by atoms with Gasteiger partial charge in [-0.3, -0.25) is 4.79 Å². The first-order valence-corrected chi connectivity index (χ1v) is 5.14. The Morgan fingerprint density at radius 3 is 2.17 bits per heavy atom. The molecule has 2 aliphatic heterocycles. The van der Waals surface area contributed by atoms with E-state index in [4.69, 9.17) is 0 Å². The molecular weight excluding hydrogens is 150 g/mol. The molecule has 2 nitrogen and oxygen atoms in total. The Hall–Kier alpha value is -0.530. The maximum Gasteiger partial charge on any atom is 0.223 e. The second kappa shape index (κ2) is 3.08. The van der Waals surface area contributed by atoms with E-state index in [2.05, 4.69) is 11.8 Å². The van der Waals surface area contributed by atoms with Gasteiger partial charge in [0.25, 0.3) is 0 Å². The summed E-state index contributed by atoms with van der Waals surface area (Å²) >= 11 is 0. The van der Waals surface area contributed by atoms with Gasteiger partial charge in [0.05, 0.1) is 0 Å². The van der Waals surface area contributed by atoms with E-state index in [0.29, 0.717) is 18.0 Å². The summed E-state index contributed by atoms with van der Waals surface area (Å²) in [6.45, 7) is 2.08. The van der Waals surface area contributed by atoms with E-state index in [1.807, 2.05) is 0 Å². The maximum atomic E-state index is 11.6. The smallest absolute Gasteiger partial charge is 0.223 e. The Morgan fingerprint density at radius 1 is 1.25 bits per heavy atom. The molecule has 0 aromatic rings. The summed E-state index contributed by atoms with van der Waals surface area (Å²) in [5.41, 5.74) is 0. The Balaban J connectivity index is 2.00. The summed E-state index contributed by atoms with van der Waals surface area (Å²) in [7, 11) is 0. The molecule has 2 fully saturated rings. The zero-order valence-electron chi connectivity index (χ0n) is 7.75. The first-order valence-electron chi connectivity index (χ1n) is 5.14. The fourth-order valence-electron chi connectivity index (χ4n) is 2.66. The number of hydrogen-bond acceptors (Lipinski definition) is 1. The minimum absolute atomic E-state index is 0.405. The molecular formula is C10H17NO. The molecule has 2 heteroatoms. The van der Waals surface area contributed by atoms with Gasteiger partial charge in [-0.2, -0.15) is 0 Å². The van der Waals surface area contributed by atoms with E-state index in [1.165, 1.54) is 25.7 Å². The number of amides is 1. The van der Waals surface area contributed by atoms with Gasteiger partial charge < -0.3 is 4.90 Å². The zero-order valence-corrected chi connectivity index (χ0v) is 7.75. The highest BCUT2D eigenvalue weighted by Crippen LogP contribution is 2.37. The third-order valence-corrected chi connectivity index (χ3v) is 3.20. The molecule has 1 amide bonds. The number of fused-ring (bicyclic) bond motifs is 2. The SMILES string of the molecule is CCCC(=O)N1C2CCC1CC2. The van der Waals surface area contributed by atoms with Gasteiger partial charge in [-0.1, -0.05) is 6.92 Å². The van der Waals surface area contributed by atoms with Crippen LogP contribution < -0.4 is 0 Å².